The van der Waals surface area contributed by atoms with Gasteiger partial charge in [0.1, 0.15) is 0 Å². The summed E-state index contributed by atoms with van der Waals surface area (Å²) < 4.78 is 5.32. The largest absolute Gasteiger partial charge is 0.389 e. The van der Waals surface area contributed by atoms with Gasteiger partial charge in [-0.15, -0.1) is 0 Å². The van der Waals surface area contributed by atoms with Gasteiger partial charge in [-0.2, -0.15) is 0 Å². The molecule has 2 atom stereocenters. The van der Waals surface area contributed by atoms with E-state index in [1.54, 1.807) is 0 Å². The second-order valence-corrected chi connectivity index (χ2v) is 5.16. The second-order valence-electron chi connectivity index (χ2n) is 4.72. The van der Waals surface area contributed by atoms with Crippen molar-refractivity contribution in [2.24, 2.45) is 5.92 Å². The molecule has 1 N–H and O–H groups in total. The molecule has 1 aromatic rings. The molecular formula is C13H17ClO2. The average molecular weight is 241 g/mol. The maximum Gasteiger partial charge on any atom is 0.0710 e. The number of rotatable bonds is 3. The van der Waals surface area contributed by atoms with E-state index in [4.69, 9.17) is 16.3 Å². The lowest BCUT2D eigenvalue weighted by Gasteiger charge is -2.29. The van der Waals surface area contributed by atoms with Gasteiger partial charge < -0.3 is 9.84 Å². The Bertz CT molecular complexity index is 339. The fraction of sp³-hybridized carbons (Fsp3) is 0.538. The molecule has 2 rings (SSSR count). The van der Waals surface area contributed by atoms with Gasteiger partial charge in [-0.3, -0.25) is 0 Å². The smallest absolute Gasteiger partial charge is 0.0710 e. The van der Waals surface area contributed by atoms with Crippen LogP contribution in [-0.4, -0.2) is 23.9 Å². The molecule has 1 aromatic carbocycles. The van der Waals surface area contributed by atoms with E-state index in [2.05, 4.69) is 0 Å². The van der Waals surface area contributed by atoms with Crippen molar-refractivity contribution in [3.8, 4) is 0 Å². The Hall–Kier alpha value is -0.570. The minimum atomic E-state index is -0.690. The van der Waals surface area contributed by atoms with E-state index >= 15 is 0 Å². The Morgan fingerprint density at radius 1 is 1.44 bits per heavy atom. The third-order valence-electron chi connectivity index (χ3n) is 3.28. The number of hydrogen-bond acceptors (Lipinski definition) is 2. The molecule has 1 aliphatic rings. The van der Waals surface area contributed by atoms with E-state index in [-0.39, 0.29) is 5.92 Å². The quantitative estimate of drug-likeness (QED) is 0.880. The zero-order chi connectivity index (χ0) is 11.6. The van der Waals surface area contributed by atoms with Crippen LogP contribution in [-0.2, 0) is 11.2 Å². The third kappa shape index (κ3) is 2.76. The van der Waals surface area contributed by atoms with Crippen LogP contribution in [0.15, 0.2) is 24.3 Å². The highest BCUT2D eigenvalue weighted by atomic mass is 35.5. The van der Waals surface area contributed by atoms with Crippen molar-refractivity contribution >= 4 is 11.6 Å². The molecular weight excluding hydrogens is 224 g/mol. The van der Waals surface area contributed by atoms with E-state index in [0.717, 1.165) is 23.6 Å². The van der Waals surface area contributed by atoms with Crippen LogP contribution >= 0.6 is 11.6 Å². The van der Waals surface area contributed by atoms with Gasteiger partial charge in [-0.05, 0) is 31.0 Å². The number of ether oxygens (including phenoxy) is 1. The lowest BCUT2D eigenvalue weighted by molar-refractivity contribution is -0.00453. The Morgan fingerprint density at radius 3 is 2.69 bits per heavy atom. The fourth-order valence-electron chi connectivity index (χ4n) is 2.18. The van der Waals surface area contributed by atoms with Crippen molar-refractivity contribution < 1.29 is 9.84 Å². The molecule has 2 unspecified atom stereocenters. The van der Waals surface area contributed by atoms with Gasteiger partial charge in [-0.25, -0.2) is 0 Å². The highest BCUT2D eigenvalue weighted by Gasteiger charge is 2.34. The van der Waals surface area contributed by atoms with Gasteiger partial charge in [-0.1, -0.05) is 23.7 Å². The van der Waals surface area contributed by atoms with Crippen molar-refractivity contribution in [1.82, 2.24) is 0 Å². The van der Waals surface area contributed by atoms with Crippen LogP contribution < -0.4 is 0 Å². The highest BCUT2D eigenvalue weighted by Crippen LogP contribution is 2.29. The maximum atomic E-state index is 10.4. The summed E-state index contributed by atoms with van der Waals surface area (Å²) in [7, 11) is 0. The van der Waals surface area contributed by atoms with Crippen LogP contribution in [0.5, 0.6) is 0 Å². The molecule has 2 nitrogen and oxygen atoms in total. The number of aliphatic hydroxyl groups is 1. The first kappa shape index (κ1) is 11.9. The summed E-state index contributed by atoms with van der Waals surface area (Å²) in [6, 6.07) is 7.65. The van der Waals surface area contributed by atoms with E-state index in [0.29, 0.717) is 13.0 Å². The summed E-state index contributed by atoms with van der Waals surface area (Å²) in [5.41, 5.74) is 0.422. The third-order valence-corrected chi connectivity index (χ3v) is 3.54. The number of halogens is 1. The Labute approximate surface area is 101 Å². The lowest BCUT2D eigenvalue weighted by atomic mass is 9.83. The molecule has 16 heavy (non-hydrogen) atoms. The Balaban J connectivity index is 2.04. The van der Waals surface area contributed by atoms with Crippen molar-refractivity contribution in [1.29, 1.82) is 0 Å². The van der Waals surface area contributed by atoms with Crippen LogP contribution in [0.1, 0.15) is 18.9 Å². The van der Waals surface area contributed by atoms with Gasteiger partial charge in [0.05, 0.1) is 12.2 Å². The normalized spacial score (nSPS) is 24.3. The first-order valence-electron chi connectivity index (χ1n) is 5.62. The molecule has 0 radical (unpaired) electrons. The summed E-state index contributed by atoms with van der Waals surface area (Å²) in [6.45, 7) is 3.32. The summed E-state index contributed by atoms with van der Waals surface area (Å²) in [4.78, 5) is 0. The first-order valence-corrected chi connectivity index (χ1v) is 6.00. The van der Waals surface area contributed by atoms with Crippen LogP contribution in [0.3, 0.4) is 0 Å². The van der Waals surface area contributed by atoms with Crippen molar-refractivity contribution in [2.45, 2.75) is 25.4 Å². The zero-order valence-electron chi connectivity index (χ0n) is 9.45. The summed E-state index contributed by atoms with van der Waals surface area (Å²) >= 11 is 5.83. The molecule has 88 valence electrons. The minimum absolute atomic E-state index is 0.239. The number of hydrogen-bond donors (Lipinski definition) is 1. The summed E-state index contributed by atoms with van der Waals surface area (Å²) in [5, 5.41) is 11.2. The lowest BCUT2D eigenvalue weighted by Crippen LogP contribution is -2.37. The fourth-order valence-corrected chi connectivity index (χ4v) is 2.31. The van der Waals surface area contributed by atoms with Crippen molar-refractivity contribution in [2.75, 3.05) is 13.2 Å². The van der Waals surface area contributed by atoms with Crippen LogP contribution in [0, 0.1) is 5.92 Å². The first-order chi connectivity index (χ1) is 7.58. The van der Waals surface area contributed by atoms with Gasteiger partial charge in [0.15, 0.2) is 0 Å². The average Bonchev–Trinajstić information content (AvgIpc) is 2.75. The van der Waals surface area contributed by atoms with Gasteiger partial charge in [0, 0.05) is 24.0 Å². The molecule has 1 aliphatic heterocycles. The molecule has 1 saturated heterocycles. The molecule has 1 fully saturated rings. The van der Waals surface area contributed by atoms with E-state index in [9.17, 15) is 5.11 Å². The van der Waals surface area contributed by atoms with Gasteiger partial charge in [0.25, 0.3) is 0 Å². The second kappa shape index (κ2) is 4.74. The van der Waals surface area contributed by atoms with Crippen molar-refractivity contribution in [3.63, 3.8) is 0 Å². The molecule has 0 aliphatic carbocycles. The molecule has 0 amide bonds. The van der Waals surface area contributed by atoms with Gasteiger partial charge >= 0.3 is 0 Å². The Morgan fingerprint density at radius 2 is 2.12 bits per heavy atom. The van der Waals surface area contributed by atoms with Crippen LogP contribution in [0.2, 0.25) is 5.02 Å². The maximum absolute atomic E-state index is 10.4. The molecule has 0 aromatic heterocycles. The van der Waals surface area contributed by atoms with E-state index in [1.807, 2.05) is 31.2 Å². The summed E-state index contributed by atoms with van der Waals surface area (Å²) in [6.07, 6.45) is 1.60. The molecule has 3 heteroatoms. The highest BCUT2D eigenvalue weighted by molar-refractivity contribution is 6.30. The van der Waals surface area contributed by atoms with Gasteiger partial charge in [0.2, 0.25) is 0 Å². The van der Waals surface area contributed by atoms with E-state index < -0.39 is 5.60 Å². The molecule has 0 spiro atoms. The van der Waals surface area contributed by atoms with Crippen LogP contribution in [0.4, 0.5) is 0 Å². The minimum Gasteiger partial charge on any atom is -0.389 e. The predicted octanol–water partition coefficient (Wildman–Crippen LogP) is 2.67. The SMILES string of the molecule is CC(O)(Cc1ccc(Cl)cc1)C1CCOC1. The topological polar surface area (TPSA) is 29.5 Å². The standard InChI is InChI=1S/C13H17ClO2/c1-13(15,11-6-7-16-9-11)8-10-2-4-12(14)5-3-10/h2-5,11,15H,6-9H2,1H3. The van der Waals surface area contributed by atoms with E-state index in [1.165, 1.54) is 0 Å². The predicted molar refractivity (Wildman–Crippen MR) is 64.7 cm³/mol. The summed E-state index contributed by atoms with van der Waals surface area (Å²) in [5.74, 6) is 0.239. The molecule has 0 bridgehead atoms. The zero-order valence-corrected chi connectivity index (χ0v) is 10.2. The molecule has 0 saturated carbocycles. The van der Waals surface area contributed by atoms with Crippen molar-refractivity contribution in [3.05, 3.63) is 34.9 Å². The molecule has 1 heterocycles. The monoisotopic (exact) mass is 240 g/mol. The Kier molecular flexibility index (Phi) is 3.53. The van der Waals surface area contributed by atoms with Crippen LogP contribution in [0.25, 0.3) is 0 Å². The number of benzene rings is 1.